The summed E-state index contributed by atoms with van der Waals surface area (Å²) < 4.78 is 11.1. The molecule has 27 heavy (non-hydrogen) atoms. The van der Waals surface area contributed by atoms with Gasteiger partial charge in [0.25, 0.3) is 11.1 Å². The van der Waals surface area contributed by atoms with E-state index in [1.54, 1.807) is 43.5 Å². The Morgan fingerprint density at radius 2 is 1.81 bits per heavy atom. The Balaban J connectivity index is 1.84. The maximum atomic E-state index is 12.7. The van der Waals surface area contributed by atoms with Crippen LogP contribution >= 0.6 is 11.8 Å². The molecule has 5 nitrogen and oxygen atoms in total. The van der Waals surface area contributed by atoms with Crippen LogP contribution in [0, 0.1) is 5.92 Å². The van der Waals surface area contributed by atoms with Crippen LogP contribution in [0.25, 0.3) is 6.08 Å². The first-order valence-electron chi connectivity index (χ1n) is 8.63. The zero-order valence-corrected chi connectivity index (χ0v) is 16.3. The lowest BCUT2D eigenvalue weighted by atomic mass is 10.1. The third-order valence-corrected chi connectivity index (χ3v) is 4.74. The van der Waals surface area contributed by atoms with Crippen LogP contribution in [-0.4, -0.2) is 24.9 Å². The standard InChI is InChI=1S/C21H21NO4S/c1-14(2)13-26-17-10-9-15(11-18(17)25-3)12-19-20(23)22(21(24)27-19)16-7-5-4-6-8-16/h4-12,14H,13H2,1-3H3/b19-12+. The van der Waals surface area contributed by atoms with Gasteiger partial charge in [-0.05, 0) is 53.6 Å². The van der Waals surface area contributed by atoms with Crippen molar-refractivity contribution >= 4 is 34.7 Å². The SMILES string of the molecule is COc1cc(/C=C2/SC(=O)N(c3ccccc3)C2=O)ccc1OCC(C)C. The molecule has 0 bridgehead atoms. The predicted molar refractivity (Wildman–Crippen MR) is 108 cm³/mol. The van der Waals surface area contributed by atoms with Crippen molar-refractivity contribution in [3.8, 4) is 11.5 Å². The van der Waals surface area contributed by atoms with Crippen molar-refractivity contribution in [3.05, 3.63) is 59.0 Å². The maximum Gasteiger partial charge on any atom is 0.298 e. The van der Waals surface area contributed by atoms with E-state index in [1.807, 2.05) is 18.2 Å². The van der Waals surface area contributed by atoms with E-state index in [9.17, 15) is 9.59 Å². The van der Waals surface area contributed by atoms with E-state index in [-0.39, 0.29) is 11.1 Å². The first-order valence-corrected chi connectivity index (χ1v) is 9.45. The number of imide groups is 1. The fraction of sp³-hybridized carbons (Fsp3) is 0.238. The molecule has 0 spiro atoms. The van der Waals surface area contributed by atoms with Crippen LogP contribution in [0.1, 0.15) is 19.4 Å². The number of rotatable bonds is 6. The Kier molecular flexibility index (Phi) is 5.86. The summed E-state index contributed by atoms with van der Waals surface area (Å²) in [7, 11) is 1.57. The molecule has 0 aromatic heterocycles. The number of hydrogen-bond donors (Lipinski definition) is 0. The molecular weight excluding hydrogens is 362 g/mol. The minimum Gasteiger partial charge on any atom is -0.493 e. The lowest BCUT2D eigenvalue weighted by Gasteiger charge is -2.13. The van der Waals surface area contributed by atoms with E-state index in [4.69, 9.17) is 9.47 Å². The molecule has 2 amide bonds. The third kappa shape index (κ3) is 4.34. The Labute approximate surface area is 163 Å². The number of thioether (sulfide) groups is 1. The molecule has 0 aliphatic carbocycles. The van der Waals surface area contributed by atoms with Crippen LogP contribution in [0.4, 0.5) is 10.5 Å². The van der Waals surface area contributed by atoms with Gasteiger partial charge >= 0.3 is 0 Å². The van der Waals surface area contributed by atoms with Crippen LogP contribution in [0.15, 0.2) is 53.4 Å². The van der Waals surface area contributed by atoms with Gasteiger partial charge in [-0.15, -0.1) is 0 Å². The molecule has 0 saturated carbocycles. The smallest absolute Gasteiger partial charge is 0.298 e. The molecule has 0 N–H and O–H groups in total. The van der Waals surface area contributed by atoms with E-state index in [1.165, 1.54) is 4.90 Å². The molecular formula is C21H21NO4S. The van der Waals surface area contributed by atoms with Gasteiger partial charge in [0.2, 0.25) is 0 Å². The van der Waals surface area contributed by atoms with Crippen molar-refractivity contribution in [2.45, 2.75) is 13.8 Å². The summed E-state index contributed by atoms with van der Waals surface area (Å²) in [4.78, 5) is 26.5. The zero-order chi connectivity index (χ0) is 19.4. The zero-order valence-electron chi connectivity index (χ0n) is 15.5. The molecule has 0 unspecified atom stereocenters. The van der Waals surface area contributed by atoms with Crippen molar-refractivity contribution in [3.63, 3.8) is 0 Å². The summed E-state index contributed by atoms with van der Waals surface area (Å²) >= 11 is 0.930. The van der Waals surface area contributed by atoms with Crippen LogP contribution in [0.2, 0.25) is 0 Å². The minimum absolute atomic E-state index is 0.304. The highest BCUT2D eigenvalue weighted by atomic mass is 32.2. The first kappa shape index (κ1) is 19.0. The van der Waals surface area contributed by atoms with Gasteiger partial charge in [0, 0.05) is 0 Å². The topological polar surface area (TPSA) is 55.8 Å². The third-order valence-electron chi connectivity index (χ3n) is 3.87. The van der Waals surface area contributed by atoms with E-state index >= 15 is 0 Å². The van der Waals surface area contributed by atoms with Gasteiger partial charge in [-0.3, -0.25) is 9.59 Å². The molecule has 1 aliphatic heterocycles. The highest BCUT2D eigenvalue weighted by Gasteiger charge is 2.36. The second kappa shape index (κ2) is 8.31. The van der Waals surface area contributed by atoms with Crippen molar-refractivity contribution in [1.29, 1.82) is 0 Å². The van der Waals surface area contributed by atoms with Crippen LogP contribution < -0.4 is 14.4 Å². The molecule has 1 aliphatic rings. The number of anilines is 1. The van der Waals surface area contributed by atoms with Gasteiger partial charge in [-0.25, -0.2) is 4.90 Å². The van der Waals surface area contributed by atoms with Crippen LogP contribution in [-0.2, 0) is 4.79 Å². The summed E-state index contributed by atoms with van der Waals surface area (Å²) in [5.41, 5.74) is 1.33. The Morgan fingerprint density at radius 3 is 2.48 bits per heavy atom. The quantitative estimate of drug-likeness (QED) is 0.659. The first-order chi connectivity index (χ1) is 13.0. The van der Waals surface area contributed by atoms with Gasteiger partial charge in [0.1, 0.15) is 0 Å². The summed E-state index contributed by atoms with van der Waals surface area (Å²) in [6, 6.07) is 14.4. The molecule has 1 saturated heterocycles. The Bertz CT molecular complexity index is 877. The van der Waals surface area contributed by atoms with Gasteiger partial charge in [-0.2, -0.15) is 0 Å². The number of amides is 2. The van der Waals surface area contributed by atoms with Crippen LogP contribution in [0.3, 0.4) is 0 Å². The molecule has 0 atom stereocenters. The second-order valence-corrected chi connectivity index (χ2v) is 7.46. The van der Waals surface area contributed by atoms with E-state index < -0.39 is 0 Å². The highest BCUT2D eigenvalue weighted by molar-refractivity contribution is 8.19. The van der Waals surface area contributed by atoms with Crippen molar-refractivity contribution in [2.75, 3.05) is 18.6 Å². The number of hydrogen-bond acceptors (Lipinski definition) is 5. The fourth-order valence-electron chi connectivity index (χ4n) is 2.57. The number of para-hydroxylation sites is 1. The number of carbonyl (C=O) groups is 2. The van der Waals surface area contributed by atoms with Gasteiger partial charge in [-0.1, -0.05) is 38.1 Å². The Hall–Kier alpha value is -2.73. The molecule has 140 valence electrons. The lowest BCUT2D eigenvalue weighted by molar-refractivity contribution is -0.113. The number of methoxy groups -OCH3 is 1. The minimum atomic E-state index is -0.324. The van der Waals surface area contributed by atoms with Gasteiger partial charge in [0.05, 0.1) is 24.3 Å². The molecule has 2 aromatic carbocycles. The molecule has 1 fully saturated rings. The molecule has 3 rings (SSSR count). The number of benzene rings is 2. The average molecular weight is 383 g/mol. The summed E-state index contributed by atoms with van der Waals surface area (Å²) in [6.07, 6.45) is 1.70. The van der Waals surface area contributed by atoms with Gasteiger partial charge < -0.3 is 9.47 Å². The molecule has 6 heteroatoms. The molecule has 0 radical (unpaired) electrons. The van der Waals surface area contributed by atoms with E-state index in [2.05, 4.69) is 13.8 Å². The number of ether oxygens (including phenoxy) is 2. The Morgan fingerprint density at radius 1 is 1.07 bits per heavy atom. The average Bonchev–Trinajstić information content (AvgIpc) is 2.94. The van der Waals surface area contributed by atoms with Crippen LogP contribution in [0.5, 0.6) is 11.5 Å². The van der Waals surface area contributed by atoms with E-state index in [0.717, 1.165) is 17.3 Å². The van der Waals surface area contributed by atoms with Crippen molar-refractivity contribution in [2.24, 2.45) is 5.92 Å². The monoisotopic (exact) mass is 383 g/mol. The number of carbonyl (C=O) groups excluding carboxylic acids is 2. The largest absolute Gasteiger partial charge is 0.493 e. The summed E-state index contributed by atoms with van der Waals surface area (Å²) in [5, 5.41) is -0.304. The van der Waals surface area contributed by atoms with E-state index in [0.29, 0.717) is 34.6 Å². The van der Waals surface area contributed by atoms with Gasteiger partial charge in [0.15, 0.2) is 11.5 Å². The summed E-state index contributed by atoms with van der Waals surface area (Å²) in [6.45, 7) is 4.74. The predicted octanol–water partition coefficient (Wildman–Crippen LogP) is 4.97. The highest BCUT2D eigenvalue weighted by Crippen LogP contribution is 2.36. The molecule has 1 heterocycles. The van der Waals surface area contributed by atoms with Crippen molar-refractivity contribution in [1.82, 2.24) is 0 Å². The maximum absolute atomic E-state index is 12.7. The summed E-state index contributed by atoms with van der Waals surface area (Å²) in [5.74, 6) is 1.32. The normalized spacial score (nSPS) is 15.7. The van der Waals surface area contributed by atoms with Crippen molar-refractivity contribution < 1.29 is 19.1 Å². The fourth-order valence-corrected chi connectivity index (χ4v) is 3.41. The second-order valence-electron chi connectivity index (χ2n) is 6.47. The lowest BCUT2D eigenvalue weighted by Crippen LogP contribution is -2.27. The number of nitrogens with zero attached hydrogens (tertiary/aromatic N) is 1. The molecule has 2 aromatic rings.